The molecule has 2 heterocycles. The number of nitrogens with zero attached hydrogens (tertiary/aromatic N) is 1. The summed E-state index contributed by atoms with van der Waals surface area (Å²) < 4.78 is 5.75. The Morgan fingerprint density at radius 2 is 2.41 bits per heavy atom. The molecule has 1 aliphatic heterocycles. The quantitative estimate of drug-likeness (QED) is 0.791. The van der Waals surface area contributed by atoms with Crippen molar-refractivity contribution in [1.29, 1.82) is 0 Å². The van der Waals surface area contributed by atoms with Crippen LogP contribution < -0.4 is 15.4 Å². The molecule has 2 fully saturated rings. The Bertz CT molecular complexity index is 593. The zero-order chi connectivity index (χ0) is 16.0. The summed E-state index contributed by atoms with van der Waals surface area (Å²) in [4.78, 5) is 16.6. The van der Waals surface area contributed by atoms with Crippen molar-refractivity contribution in [3.05, 3.63) is 23.9 Å². The first-order chi connectivity index (χ1) is 10.3. The Morgan fingerprint density at radius 3 is 3.05 bits per heavy atom. The molecule has 5 nitrogen and oxygen atoms in total. The number of ether oxygens (including phenoxy) is 1. The molecule has 22 heavy (non-hydrogen) atoms. The number of hydrogen-bond donors (Lipinski definition) is 2. The summed E-state index contributed by atoms with van der Waals surface area (Å²) >= 11 is 0. The molecule has 1 aromatic heterocycles. The summed E-state index contributed by atoms with van der Waals surface area (Å²) in [5.74, 6) is 0.819. The fraction of sp³-hybridized carbons (Fsp3) is 0.625. The summed E-state index contributed by atoms with van der Waals surface area (Å²) in [5.41, 5.74) is 0.509. The van der Waals surface area contributed by atoms with Gasteiger partial charge in [0, 0.05) is 17.7 Å². The maximum Gasteiger partial charge on any atom is 0.223 e. The molecule has 0 spiro atoms. The van der Waals surface area contributed by atoms with Crippen LogP contribution in [0.3, 0.4) is 0 Å². The molecular weight excluding hydrogens is 277 g/mol. The number of aryl methyl sites for hydroxylation is 1. The standard InChI is InChI=1S/C16H22BN3O2/c1-10-5-4-6-19-14(10)22-9-15(2,3)20-13(21)12-11-7-18-8-16(11,12)17/h4-6,11-12,18H,7-9H2,1-3H3,(H,20,21). The topological polar surface area (TPSA) is 63.2 Å². The summed E-state index contributed by atoms with van der Waals surface area (Å²) in [7, 11) is 6.24. The fourth-order valence-electron chi connectivity index (χ4n) is 3.28. The lowest BCUT2D eigenvalue weighted by molar-refractivity contribution is -0.124. The normalized spacial score (nSPS) is 29.8. The molecular formula is C16H22BN3O2. The van der Waals surface area contributed by atoms with Crippen LogP contribution in [0.4, 0.5) is 0 Å². The first-order valence-corrected chi connectivity index (χ1v) is 7.69. The number of amides is 1. The van der Waals surface area contributed by atoms with E-state index in [1.165, 1.54) is 0 Å². The van der Waals surface area contributed by atoms with Crippen molar-refractivity contribution in [2.24, 2.45) is 11.8 Å². The highest BCUT2D eigenvalue weighted by molar-refractivity contribution is 6.22. The highest BCUT2D eigenvalue weighted by Gasteiger charge is 2.66. The van der Waals surface area contributed by atoms with Gasteiger partial charge in [-0.1, -0.05) is 6.07 Å². The van der Waals surface area contributed by atoms with Gasteiger partial charge in [0.25, 0.3) is 0 Å². The first-order valence-electron chi connectivity index (χ1n) is 7.69. The predicted octanol–water partition coefficient (Wildman–Crippen LogP) is 0.840. The number of carbonyl (C=O) groups is 1. The SMILES string of the molecule is [B]C12CNCC1C2C(=O)NC(C)(C)COc1ncccc1C. The summed E-state index contributed by atoms with van der Waals surface area (Å²) in [6.07, 6.45) is 1.70. The number of piperidine rings is 1. The smallest absolute Gasteiger partial charge is 0.223 e. The van der Waals surface area contributed by atoms with Gasteiger partial charge in [0.1, 0.15) is 6.61 Å². The van der Waals surface area contributed by atoms with Crippen LogP contribution in [0.1, 0.15) is 19.4 Å². The highest BCUT2D eigenvalue weighted by Crippen LogP contribution is 2.65. The van der Waals surface area contributed by atoms with E-state index in [0.29, 0.717) is 12.5 Å². The lowest BCUT2D eigenvalue weighted by Gasteiger charge is -2.27. The van der Waals surface area contributed by atoms with Crippen molar-refractivity contribution in [1.82, 2.24) is 15.6 Å². The molecule has 0 aromatic carbocycles. The van der Waals surface area contributed by atoms with Gasteiger partial charge in [0.15, 0.2) is 0 Å². The van der Waals surface area contributed by atoms with Crippen LogP contribution in [0.25, 0.3) is 0 Å². The van der Waals surface area contributed by atoms with E-state index in [2.05, 4.69) is 15.6 Å². The molecule has 3 unspecified atom stereocenters. The van der Waals surface area contributed by atoms with Gasteiger partial charge in [0.05, 0.1) is 13.4 Å². The molecule has 116 valence electrons. The van der Waals surface area contributed by atoms with E-state index >= 15 is 0 Å². The third-order valence-corrected chi connectivity index (χ3v) is 4.63. The van der Waals surface area contributed by atoms with E-state index in [-0.39, 0.29) is 23.1 Å². The van der Waals surface area contributed by atoms with Crippen LogP contribution in [-0.2, 0) is 4.79 Å². The van der Waals surface area contributed by atoms with Gasteiger partial charge in [0.2, 0.25) is 11.8 Å². The molecule has 1 aliphatic carbocycles. The van der Waals surface area contributed by atoms with Crippen molar-refractivity contribution in [2.75, 3.05) is 19.7 Å². The molecule has 0 bridgehead atoms. The number of aromatic nitrogens is 1. The van der Waals surface area contributed by atoms with Gasteiger partial charge in [-0.2, -0.15) is 0 Å². The maximum absolute atomic E-state index is 12.4. The van der Waals surface area contributed by atoms with Crippen molar-refractivity contribution < 1.29 is 9.53 Å². The second kappa shape index (κ2) is 5.27. The van der Waals surface area contributed by atoms with Gasteiger partial charge >= 0.3 is 0 Å². The van der Waals surface area contributed by atoms with Gasteiger partial charge in [-0.05, 0) is 51.2 Å². The maximum atomic E-state index is 12.4. The molecule has 6 heteroatoms. The summed E-state index contributed by atoms with van der Waals surface area (Å²) in [6.45, 7) is 7.76. The van der Waals surface area contributed by atoms with Gasteiger partial charge in [-0.3, -0.25) is 4.79 Å². The zero-order valence-corrected chi connectivity index (χ0v) is 13.3. The molecule has 2 N–H and O–H groups in total. The van der Waals surface area contributed by atoms with Gasteiger partial charge in [-0.15, -0.1) is 0 Å². The zero-order valence-electron chi connectivity index (χ0n) is 13.3. The second-order valence-electron chi connectivity index (χ2n) is 7.11. The van der Waals surface area contributed by atoms with Crippen LogP contribution in [0.5, 0.6) is 5.88 Å². The van der Waals surface area contributed by atoms with Crippen molar-refractivity contribution >= 4 is 13.8 Å². The lowest BCUT2D eigenvalue weighted by atomic mass is 9.80. The van der Waals surface area contributed by atoms with Crippen LogP contribution in [0.15, 0.2) is 18.3 Å². The van der Waals surface area contributed by atoms with Gasteiger partial charge in [-0.25, -0.2) is 4.98 Å². The minimum absolute atomic E-state index is 0.0281. The van der Waals surface area contributed by atoms with Gasteiger partial charge < -0.3 is 15.4 Å². The minimum atomic E-state index is -0.471. The first kappa shape index (κ1) is 15.3. The van der Waals surface area contributed by atoms with E-state index < -0.39 is 5.54 Å². The highest BCUT2D eigenvalue weighted by atomic mass is 16.5. The monoisotopic (exact) mass is 299 g/mol. The summed E-state index contributed by atoms with van der Waals surface area (Å²) in [6, 6.07) is 3.82. The number of fused-ring (bicyclic) bond motifs is 1. The molecule has 1 saturated heterocycles. The van der Waals surface area contributed by atoms with E-state index in [0.717, 1.165) is 18.7 Å². The average Bonchev–Trinajstić information content (AvgIpc) is 2.84. The number of nitrogens with one attached hydrogen (secondary N) is 2. The minimum Gasteiger partial charge on any atom is -0.475 e. The van der Waals surface area contributed by atoms with E-state index in [1.54, 1.807) is 6.20 Å². The number of rotatable bonds is 5. The summed E-state index contributed by atoms with van der Waals surface area (Å²) in [5, 5.41) is 5.94. The Kier molecular flexibility index (Phi) is 3.67. The Hall–Kier alpha value is -1.56. The Labute approximate surface area is 132 Å². The largest absolute Gasteiger partial charge is 0.475 e. The van der Waals surface area contributed by atoms with Crippen molar-refractivity contribution in [2.45, 2.75) is 31.6 Å². The Morgan fingerprint density at radius 1 is 1.64 bits per heavy atom. The molecule has 3 rings (SSSR count). The average molecular weight is 299 g/mol. The van der Waals surface area contributed by atoms with Crippen LogP contribution in [0, 0.1) is 18.8 Å². The molecule has 3 atom stereocenters. The van der Waals surface area contributed by atoms with Crippen LogP contribution in [0.2, 0.25) is 5.31 Å². The fourth-order valence-corrected chi connectivity index (χ4v) is 3.28. The van der Waals surface area contributed by atoms with Crippen LogP contribution in [-0.4, -0.2) is 44.0 Å². The number of pyridine rings is 1. The molecule has 1 amide bonds. The Balaban J connectivity index is 1.55. The third-order valence-electron chi connectivity index (χ3n) is 4.63. The molecule has 1 aromatic rings. The lowest BCUT2D eigenvalue weighted by Crippen LogP contribution is -2.49. The van der Waals surface area contributed by atoms with Crippen molar-refractivity contribution in [3.63, 3.8) is 0 Å². The molecule has 2 radical (unpaired) electrons. The van der Waals surface area contributed by atoms with E-state index in [4.69, 9.17) is 12.6 Å². The molecule has 1 saturated carbocycles. The van der Waals surface area contributed by atoms with Crippen molar-refractivity contribution in [3.8, 4) is 5.88 Å². The molecule has 2 aliphatic rings. The van der Waals surface area contributed by atoms with E-state index in [1.807, 2.05) is 32.9 Å². The predicted molar refractivity (Wildman–Crippen MR) is 85.0 cm³/mol. The second-order valence-corrected chi connectivity index (χ2v) is 7.11. The third kappa shape index (κ3) is 2.72. The van der Waals surface area contributed by atoms with Crippen LogP contribution >= 0.6 is 0 Å². The van der Waals surface area contributed by atoms with E-state index in [9.17, 15) is 4.79 Å². The number of carbonyl (C=O) groups excluding carboxylic acids is 1. The number of hydrogen-bond acceptors (Lipinski definition) is 4.